The molecule has 0 saturated heterocycles. The van der Waals surface area contributed by atoms with E-state index in [2.05, 4.69) is 10.6 Å². The van der Waals surface area contributed by atoms with Crippen molar-refractivity contribution in [3.63, 3.8) is 0 Å². The van der Waals surface area contributed by atoms with Crippen LogP contribution in [0.4, 0.5) is 4.79 Å². The predicted octanol–water partition coefficient (Wildman–Crippen LogP) is 1.37. The normalized spacial score (nSPS) is 13.0. The summed E-state index contributed by atoms with van der Waals surface area (Å²) in [5.41, 5.74) is -1.43. The van der Waals surface area contributed by atoms with Crippen LogP contribution in [0.1, 0.15) is 48.0 Å². The van der Waals surface area contributed by atoms with E-state index < -0.39 is 47.7 Å². The summed E-state index contributed by atoms with van der Waals surface area (Å²) in [6.45, 7) is 9.63. The van der Waals surface area contributed by atoms with Gasteiger partial charge in [0.2, 0.25) is 5.91 Å². The molecule has 0 aromatic heterocycles. The van der Waals surface area contributed by atoms with Crippen molar-refractivity contribution in [2.75, 3.05) is 6.54 Å². The lowest BCUT2D eigenvalue weighted by Crippen LogP contribution is -2.40. The lowest BCUT2D eigenvalue weighted by Gasteiger charge is -2.23. The van der Waals surface area contributed by atoms with Gasteiger partial charge in [0, 0.05) is 6.08 Å². The average molecular weight is 372 g/mol. The molecule has 1 atom stereocenters. The van der Waals surface area contributed by atoms with E-state index in [1.807, 2.05) is 0 Å². The second-order valence-corrected chi connectivity index (χ2v) is 7.51. The Morgan fingerprint density at radius 1 is 1.00 bits per heavy atom. The van der Waals surface area contributed by atoms with Crippen molar-refractivity contribution in [1.29, 1.82) is 0 Å². The topological polar surface area (TPSA) is 131 Å². The van der Waals surface area contributed by atoms with Crippen molar-refractivity contribution in [2.24, 2.45) is 0 Å². The summed E-state index contributed by atoms with van der Waals surface area (Å²) in [6, 6.07) is -0.865. The van der Waals surface area contributed by atoms with E-state index in [0.717, 1.165) is 6.08 Å². The first-order chi connectivity index (χ1) is 11.7. The van der Waals surface area contributed by atoms with E-state index in [9.17, 15) is 19.2 Å². The van der Waals surface area contributed by atoms with Crippen molar-refractivity contribution in [2.45, 2.75) is 65.2 Å². The molecule has 0 aromatic carbocycles. The maximum Gasteiger partial charge on any atom is 0.408 e. The number of carbonyl (C=O) groups excluding carboxylic acids is 3. The summed E-state index contributed by atoms with van der Waals surface area (Å²) in [5.74, 6) is -2.44. The molecule has 0 aromatic rings. The molecule has 0 aliphatic heterocycles. The number of ether oxygens (including phenoxy) is 2. The standard InChI is InChI=1S/C17H28N2O7/c1-16(2,3)25-14(23)9-11(19-15(24)26-17(4,5)6)7-8-12(20)18-10-13(21)22/h7-8,11H,9-10H2,1-6H3,(H,18,20)(H,19,24)(H,21,22)/b8-7+/t11-/m1/s1. The van der Waals surface area contributed by atoms with E-state index in [1.165, 1.54) is 6.08 Å². The first-order valence-electron chi connectivity index (χ1n) is 8.07. The fourth-order valence-electron chi connectivity index (χ4n) is 1.61. The third-order valence-corrected chi connectivity index (χ3v) is 2.40. The highest BCUT2D eigenvalue weighted by Crippen LogP contribution is 2.11. The zero-order chi connectivity index (χ0) is 20.5. The van der Waals surface area contributed by atoms with Gasteiger partial charge in [-0.15, -0.1) is 0 Å². The molecular formula is C17H28N2O7. The predicted molar refractivity (Wildman–Crippen MR) is 93.4 cm³/mol. The van der Waals surface area contributed by atoms with Crippen LogP contribution >= 0.6 is 0 Å². The smallest absolute Gasteiger partial charge is 0.408 e. The molecule has 3 N–H and O–H groups in total. The van der Waals surface area contributed by atoms with Gasteiger partial charge in [-0.3, -0.25) is 14.4 Å². The Bertz CT molecular complexity index is 526. The van der Waals surface area contributed by atoms with Gasteiger partial charge < -0.3 is 25.2 Å². The molecule has 2 amide bonds. The third kappa shape index (κ3) is 13.8. The average Bonchev–Trinajstić information content (AvgIpc) is 2.38. The fourth-order valence-corrected chi connectivity index (χ4v) is 1.61. The minimum Gasteiger partial charge on any atom is -0.480 e. The summed E-state index contributed by atoms with van der Waals surface area (Å²) >= 11 is 0. The second-order valence-electron chi connectivity index (χ2n) is 7.51. The van der Waals surface area contributed by atoms with Gasteiger partial charge in [-0.05, 0) is 41.5 Å². The van der Waals surface area contributed by atoms with Crippen LogP contribution in [0.3, 0.4) is 0 Å². The second kappa shape index (κ2) is 9.79. The van der Waals surface area contributed by atoms with Gasteiger partial charge in [-0.25, -0.2) is 4.79 Å². The Balaban J connectivity index is 4.97. The van der Waals surface area contributed by atoms with E-state index in [0.29, 0.717) is 0 Å². The maximum atomic E-state index is 12.0. The molecule has 0 radical (unpaired) electrons. The zero-order valence-corrected chi connectivity index (χ0v) is 16.0. The highest BCUT2D eigenvalue weighted by atomic mass is 16.6. The van der Waals surface area contributed by atoms with Crippen molar-refractivity contribution < 1.29 is 33.8 Å². The molecule has 0 fully saturated rings. The van der Waals surface area contributed by atoms with E-state index >= 15 is 0 Å². The number of nitrogens with one attached hydrogen (secondary N) is 2. The van der Waals surface area contributed by atoms with Crippen LogP contribution in [0.25, 0.3) is 0 Å². The lowest BCUT2D eigenvalue weighted by molar-refractivity contribution is -0.155. The van der Waals surface area contributed by atoms with Crippen LogP contribution in [0.15, 0.2) is 12.2 Å². The highest BCUT2D eigenvalue weighted by molar-refractivity contribution is 5.90. The Hall–Kier alpha value is -2.58. The first kappa shape index (κ1) is 23.4. The van der Waals surface area contributed by atoms with Crippen molar-refractivity contribution >= 4 is 23.9 Å². The number of amides is 2. The number of aliphatic carboxylic acids is 1. The summed E-state index contributed by atoms with van der Waals surface area (Å²) in [7, 11) is 0. The van der Waals surface area contributed by atoms with E-state index in [-0.39, 0.29) is 6.42 Å². The van der Waals surface area contributed by atoms with Gasteiger partial charge in [-0.2, -0.15) is 0 Å². The van der Waals surface area contributed by atoms with E-state index in [1.54, 1.807) is 41.5 Å². The van der Waals surface area contributed by atoms with Gasteiger partial charge in [0.05, 0.1) is 12.5 Å². The molecular weight excluding hydrogens is 344 g/mol. The van der Waals surface area contributed by atoms with Gasteiger partial charge in [0.1, 0.15) is 17.7 Å². The van der Waals surface area contributed by atoms with Gasteiger partial charge in [0.25, 0.3) is 0 Å². The number of esters is 1. The molecule has 0 unspecified atom stereocenters. The highest BCUT2D eigenvalue weighted by Gasteiger charge is 2.23. The maximum absolute atomic E-state index is 12.0. The molecule has 0 aliphatic carbocycles. The summed E-state index contributed by atoms with van der Waals surface area (Å²) in [6.07, 6.45) is 1.32. The van der Waals surface area contributed by atoms with Crippen molar-refractivity contribution in [3.8, 4) is 0 Å². The molecule has 0 heterocycles. The quantitative estimate of drug-likeness (QED) is 0.454. The van der Waals surface area contributed by atoms with Gasteiger partial charge in [0.15, 0.2) is 0 Å². The fraction of sp³-hybridized carbons (Fsp3) is 0.647. The number of hydrogen-bond acceptors (Lipinski definition) is 6. The molecule has 0 spiro atoms. The summed E-state index contributed by atoms with van der Waals surface area (Å²) in [5, 5.41) is 13.1. The molecule has 26 heavy (non-hydrogen) atoms. The lowest BCUT2D eigenvalue weighted by atomic mass is 10.1. The summed E-state index contributed by atoms with van der Waals surface area (Å²) < 4.78 is 10.3. The third-order valence-electron chi connectivity index (χ3n) is 2.40. The molecule has 9 heteroatoms. The number of rotatable bonds is 7. The number of hydrogen-bond donors (Lipinski definition) is 3. The van der Waals surface area contributed by atoms with Gasteiger partial charge in [-0.1, -0.05) is 6.08 Å². The van der Waals surface area contributed by atoms with Crippen molar-refractivity contribution in [1.82, 2.24) is 10.6 Å². The van der Waals surface area contributed by atoms with Gasteiger partial charge >= 0.3 is 18.0 Å². The Morgan fingerprint density at radius 2 is 1.54 bits per heavy atom. The monoisotopic (exact) mass is 372 g/mol. The first-order valence-corrected chi connectivity index (χ1v) is 8.07. The number of carbonyl (C=O) groups is 4. The minimum atomic E-state index is -1.19. The zero-order valence-electron chi connectivity index (χ0n) is 16.0. The van der Waals surface area contributed by atoms with E-state index in [4.69, 9.17) is 14.6 Å². The van der Waals surface area contributed by atoms with Crippen LogP contribution in [-0.4, -0.2) is 52.8 Å². The Morgan fingerprint density at radius 3 is 2.00 bits per heavy atom. The van der Waals surface area contributed by atoms with Crippen LogP contribution in [0.2, 0.25) is 0 Å². The number of carboxylic acid groups (broad SMARTS) is 1. The molecule has 9 nitrogen and oxygen atoms in total. The number of carboxylic acids is 1. The van der Waals surface area contributed by atoms with Crippen molar-refractivity contribution in [3.05, 3.63) is 12.2 Å². The van der Waals surface area contributed by atoms with Crippen LogP contribution in [-0.2, 0) is 23.9 Å². The minimum absolute atomic E-state index is 0.223. The molecule has 0 aliphatic rings. The Kier molecular flexibility index (Phi) is 8.82. The van der Waals surface area contributed by atoms with Crippen LogP contribution < -0.4 is 10.6 Å². The van der Waals surface area contributed by atoms with Crippen LogP contribution in [0, 0.1) is 0 Å². The molecule has 0 saturated carbocycles. The molecule has 0 rings (SSSR count). The molecule has 148 valence electrons. The largest absolute Gasteiger partial charge is 0.480 e. The number of alkyl carbamates (subject to hydrolysis) is 1. The van der Waals surface area contributed by atoms with Crippen LogP contribution in [0.5, 0.6) is 0 Å². The Labute approximate surface area is 153 Å². The molecule has 0 bridgehead atoms. The summed E-state index contributed by atoms with van der Waals surface area (Å²) in [4.78, 5) is 45.9. The SMILES string of the molecule is CC(C)(C)OC(=O)C[C@@H](/C=C/C(=O)NCC(=O)O)NC(=O)OC(C)(C)C.